The predicted octanol–water partition coefficient (Wildman–Crippen LogP) is 5.62. The standard InChI is InChI=1S/C22H21ClN2O2/c1-3-4-15-5-9-18(10-6-15)25-22(26)16-7-11-20(24-14-16)19-13-17(23)8-12-21(19)27-2/h5-14H,3-4H2,1-2H3,(H,25,26). The van der Waals surface area contributed by atoms with E-state index < -0.39 is 0 Å². The third-order valence-corrected chi connectivity index (χ3v) is 4.45. The van der Waals surface area contributed by atoms with Crippen molar-refractivity contribution in [3.8, 4) is 17.0 Å². The Balaban J connectivity index is 1.75. The lowest BCUT2D eigenvalue weighted by Crippen LogP contribution is -2.12. The molecule has 0 spiro atoms. The van der Waals surface area contributed by atoms with E-state index in [2.05, 4.69) is 17.2 Å². The Morgan fingerprint density at radius 3 is 2.52 bits per heavy atom. The monoisotopic (exact) mass is 380 g/mol. The first kappa shape index (κ1) is 18.9. The van der Waals surface area contributed by atoms with Gasteiger partial charge in [-0.15, -0.1) is 0 Å². The first-order valence-electron chi connectivity index (χ1n) is 8.81. The van der Waals surface area contributed by atoms with E-state index >= 15 is 0 Å². The number of carbonyl (C=O) groups is 1. The third kappa shape index (κ3) is 4.66. The van der Waals surface area contributed by atoms with E-state index in [1.165, 1.54) is 5.56 Å². The summed E-state index contributed by atoms with van der Waals surface area (Å²) in [5, 5.41) is 3.49. The molecule has 0 bridgehead atoms. The van der Waals surface area contributed by atoms with E-state index in [4.69, 9.17) is 16.3 Å². The summed E-state index contributed by atoms with van der Waals surface area (Å²) < 4.78 is 5.36. The quantitative estimate of drug-likeness (QED) is 0.604. The zero-order valence-corrected chi connectivity index (χ0v) is 16.1. The lowest BCUT2D eigenvalue weighted by Gasteiger charge is -2.10. The highest BCUT2D eigenvalue weighted by Crippen LogP contribution is 2.31. The van der Waals surface area contributed by atoms with Crippen LogP contribution in [0.2, 0.25) is 5.02 Å². The summed E-state index contributed by atoms with van der Waals surface area (Å²) in [6.45, 7) is 2.14. The number of ether oxygens (including phenoxy) is 1. The summed E-state index contributed by atoms with van der Waals surface area (Å²) in [5.41, 5.74) is 3.98. The van der Waals surface area contributed by atoms with Crippen LogP contribution in [0.1, 0.15) is 29.3 Å². The van der Waals surface area contributed by atoms with Crippen molar-refractivity contribution in [1.82, 2.24) is 4.98 Å². The van der Waals surface area contributed by atoms with Gasteiger partial charge in [-0.2, -0.15) is 0 Å². The van der Waals surface area contributed by atoms with E-state index in [1.54, 1.807) is 43.6 Å². The van der Waals surface area contributed by atoms with Crippen LogP contribution in [-0.2, 0) is 6.42 Å². The fraction of sp³-hybridized carbons (Fsp3) is 0.182. The van der Waals surface area contributed by atoms with E-state index in [0.29, 0.717) is 22.0 Å². The molecular formula is C22H21ClN2O2. The van der Waals surface area contributed by atoms with Crippen LogP contribution < -0.4 is 10.1 Å². The first-order chi connectivity index (χ1) is 13.1. The SMILES string of the molecule is CCCc1ccc(NC(=O)c2ccc(-c3cc(Cl)ccc3OC)nc2)cc1. The van der Waals surface area contributed by atoms with Crippen LogP contribution in [-0.4, -0.2) is 18.0 Å². The average Bonchev–Trinajstić information content (AvgIpc) is 2.70. The molecule has 138 valence electrons. The third-order valence-electron chi connectivity index (χ3n) is 4.21. The van der Waals surface area contributed by atoms with Crippen molar-refractivity contribution in [2.24, 2.45) is 0 Å². The Labute approximate surface area is 164 Å². The number of methoxy groups -OCH3 is 1. The number of nitrogens with one attached hydrogen (secondary N) is 1. The van der Waals surface area contributed by atoms with Crippen molar-refractivity contribution >= 4 is 23.2 Å². The summed E-state index contributed by atoms with van der Waals surface area (Å²) >= 11 is 6.08. The number of nitrogens with zero attached hydrogens (tertiary/aromatic N) is 1. The Hall–Kier alpha value is -2.85. The van der Waals surface area contributed by atoms with E-state index in [9.17, 15) is 4.79 Å². The van der Waals surface area contributed by atoms with Crippen LogP contribution in [0.5, 0.6) is 5.75 Å². The summed E-state index contributed by atoms with van der Waals surface area (Å²) in [6, 6.07) is 16.8. The second kappa shape index (κ2) is 8.69. The van der Waals surface area contributed by atoms with Gasteiger partial charge in [0.25, 0.3) is 5.91 Å². The molecule has 0 aliphatic rings. The van der Waals surface area contributed by atoms with Gasteiger partial charge in [0.15, 0.2) is 0 Å². The molecule has 0 unspecified atom stereocenters. The summed E-state index contributed by atoms with van der Waals surface area (Å²) in [5.74, 6) is 0.478. The molecule has 0 saturated heterocycles. The molecule has 1 aromatic heterocycles. The van der Waals surface area contributed by atoms with Crippen LogP contribution >= 0.6 is 11.6 Å². The fourth-order valence-electron chi connectivity index (χ4n) is 2.81. The van der Waals surface area contributed by atoms with Gasteiger partial charge in [-0.3, -0.25) is 9.78 Å². The molecule has 0 fully saturated rings. The second-order valence-corrected chi connectivity index (χ2v) is 6.61. The number of hydrogen-bond acceptors (Lipinski definition) is 3. The molecule has 4 nitrogen and oxygen atoms in total. The number of carbonyl (C=O) groups excluding carboxylic acids is 1. The molecule has 0 aliphatic heterocycles. The van der Waals surface area contributed by atoms with Crippen LogP contribution in [0.4, 0.5) is 5.69 Å². The largest absolute Gasteiger partial charge is 0.496 e. The van der Waals surface area contributed by atoms with Gasteiger partial charge in [0.2, 0.25) is 0 Å². The van der Waals surface area contributed by atoms with Gasteiger partial charge >= 0.3 is 0 Å². The normalized spacial score (nSPS) is 10.5. The molecule has 3 aromatic rings. The number of anilines is 1. The maximum absolute atomic E-state index is 12.5. The van der Waals surface area contributed by atoms with Gasteiger partial charge in [-0.1, -0.05) is 37.1 Å². The molecule has 0 atom stereocenters. The summed E-state index contributed by atoms with van der Waals surface area (Å²) in [4.78, 5) is 16.9. The van der Waals surface area contributed by atoms with Crippen molar-refractivity contribution in [3.05, 3.63) is 76.9 Å². The number of aromatic nitrogens is 1. The minimum absolute atomic E-state index is 0.199. The number of benzene rings is 2. The minimum atomic E-state index is -0.199. The number of hydrogen-bond donors (Lipinski definition) is 1. The number of rotatable bonds is 6. The lowest BCUT2D eigenvalue weighted by molar-refractivity contribution is 0.102. The second-order valence-electron chi connectivity index (χ2n) is 6.18. The number of pyridine rings is 1. The number of halogens is 1. The highest BCUT2D eigenvalue weighted by atomic mass is 35.5. The molecule has 27 heavy (non-hydrogen) atoms. The minimum Gasteiger partial charge on any atom is -0.496 e. The van der Waals surface area contributed by atoms with E-state index in [1.807, 2.05) is 24.3 Å². The van der Waals surface area contributed by atoms with Gasteiger partial charge in [-0.05, 0) is 54.4 Å². The molecule has 2 aromatic carbocycles. The highest BCUT2D eigenvalue weighted by Gasteiger charge is 2.11. The average molecular weight is 381 g/mol. The molecule has 1 heterocycles. The Kier molecular flexibility index (Phi) is 6.09. The van der Waals surface area contributed by atoms with Crippen molar-refractivity contribution in [1.29, 1.82) is 0 Å². The molecule has 0 saturated carbocycles. The van der Waals surface area contributed by atoms with Gasteiger partial charge < -0.3 is 10.1 Å². The first-order valence-corrected chi connectivity index (χ1v) is 9.18. The smallest absolute Gasteiger partial charge is 0.257 e. The molecular weight excluding hydrogens is 360 g/mol. The molecule has 1 N–H and O–H groups in total. The van der Waals surface area contributed by atoms with Gasteiger partial charge in [-0.25, -0.2) is 0 Å². The Morgan fingerprint density at radius 1 is 1.11 bits per heavy atom. The topological polar surface area (TPSA) is 51.2 Å². The van der Waals surface area contributed by atoms with E-state index in [0.717, 1.165) is 24.1 Å². The summed E-state index contributed by atoms with van der Waals surface area (Å²) in [6.07, 6.45) is 3.68. The molecule has 0 radical (unpaired) electrons. The van der Waals surface area contributed by atoms with Crippen molar-refractivity contribution < 1.29 is 9.53 Å². The van der Waals surface area contributed by atoms with Crippen LogP contribution in [0.15, 0.2) is 60.8 Å². The maximum Gasteiger partial charge on any atom is 0.257 e. The predicted molar refractivity (Wildman–Crippen MR) is 110 cm³/mol. The van der Waals surface area contributed by atoms with Crippen LogP contribution in [0.25, 0.3) is 11.3 Å². The van der Waals surface area contributed by atoms with Crippen molar-refractivity contribution in [2.45, 2.75) is 19.8 Å². The van der Waals surface area contributed by atoms with Crippen LogP contribution in [0, 0.1) is 0 Å². The Morgan fingerprint density at radius 2 is 1.89 bits per heavy atom. The van der Waals surface area contributed by atoms with Gasteiger partial charge in [0, 0.05) is 22.5 Å². The maximum atomic E-state index is 12.5. The highest BCUT2D eigenvalue weighted by molar-refractivity contribution is 6.31. The fourth-order valence-corrected chi connectivity index (χ4v) is 2.99. The molecule has 3 rings (SSSR count). The zero-order chi connectivity index (χ0) is 19.2. The van der Waals surface area contributed by atoms with Crippen molar-refractivity contribution in [3.63, 3.8) is 0 Å². The van der Waals surface area contributed by atoms with E-state index in [-0.39, 0.29) is 5.91 Å². The summed E-state index contributed by atoms with van der Waals surface area (Å²) in [7, 11) is 1.60. The Bertz CT molecular complexity index is 922. The zero-order valence-electron chi connectivity index (χ0n) is 15.3. The number of amides is 1. The van der Waals surface area contributed by atoms with Crippen LogP contribution in [0.3, 0.4) is 0 Å². The van der Waals surface area contributed by atoms with Gasteiger partial charge in [0.05, 0.1) is 18.4 Å². The van der Waals surface area contributed by atoms with Gasteiger partial charge in [0.1, 0.15) is 5.75 Å². The molecule has 0 aliphatic carbocycles. The van der Waals surface area contributed by atoms with Crippen molar-refractivity contribution in [2.75, 3.05) is 12.4 Å². The molecule has 5 heteroatoms. The number of aryl methyl sites for hydroxylation is 1. The molecule has 1 amide bonds. The lowest BCUT2D eigenvalue weighted by atomic mass is 10.1.